The number of benzene rings is 1. The Morgan fingerprint density at radius 3 is 2.22 bits per heavy atom. The highest BCUT2D eigenvalue weighted by Gasteiger charge is 2.18. The summed E-state index contributed by atoms with van der Waals surface area (Å²) in [6.45, 7) is 6.54. The number of hydrogen-bond acceptors (Lipinski definition) is 0. The molecular formula is C17H20N+. The number of aromatic nitrogens is 1. The number of hydrogen-bond donors (Lipinski definition) is 0. The standard InChI is InChI=1S/C17H20N/c1-12-9-13(2)18(14(3)10-12)17-8-7-15-5-4-6-16(15)11-17/h7-11H,4-6H2,1-3H3/q+1. The van der Waals surface area contributed by atoms with Gasteiger partial charge >= 0.3 is 0 Å². The van der Waals surface area contributed by atoms with E-state index in [0.29, 0.717) is 0 Å². The molecule has 92 valence electrons. The predicted molar refractivity (Wildman–Crippen MR) is 74.2 cm³/mol. The number of rotatable bonds is 1. The molecule has 0 saturated carbocycles. The van der Waals surface area contributed by atoms with Gasteiger partial charge in [-0.2, -0.15) is 4.57 Å². The van der Waals surface area contributed by atoms with E-state index in [0.717, 1.165) is 0 Å². The molecule has 18 heavy (non-hydrogen) atoms. The quantitative estimate of drug-likeness (QED) is 0.671. The molecule has 0 radical (unpaired) electrons. The van der Waals surface area contributed by atoms with Crippen molar-refractivity contribution in [1.29, 1.82) is 0 Å². The van der Waals surface area contributed by atoms with Crippen molar-refractivity contribution in [1.82, 2.24) is 0 Å². The average molecular weight is 238 g/mol. The van der Waals surface area contributed by atoms with Gasteiger partial charge in [0, 0.05) is 38.1 Å². The van der Waals surface area contributed by atoms with Crippen molar-refractivity contribution < 1.29 is 4.57 Å². The third-order valence-corrected chi connectivity index (χ3v) is 3.92. The van der Waals surface area contributed by atoms with E-state index in [1.165, 1.54) is 41.9 Å². The summed E-state index contributed by atoms with van der Waals surface area (Å²) < 4.78 is 2.35. The van der Waals surface area contributed by atoms with E-state index in [-0.39, 0.29) is 0 Å². The van der Waals surface area contributed by atoms with Crippen LogP contribution >= 0.6 is 0 Å². The second-order valence-corrected chi connectivity index (χ2v) is 5.46. The number of aryl methyl sites for hydroxylation is 5. The second kappa shape index (κ2) is 4.24. The number of nitrogens with zero attached hydrogens (tertiary/aromatic N) is 1. The van der Waals surface area contributed by atoms with Gasteiger partial charge in [-0.3, -0.25) is 0 Å². The van der Waals surface area contributed by atoms with Crippen LogP contribution < -0.4 is 4.57 Å². The Hall–Kier alpha value is -1.63. The van der Waals surface area contributed by atoms with Gasteiger partial charge in [0.15, 0.2) is 11.4 Å². The lowest BCUT2D eigenvalue weighted by molar-refractivity contribution is -0.609. The molecule has 3 rings (SSSR count). The minimum absolute atomic E-state index is 1.24. The van der Waals surface area contributed by atoms with Gasteiger partial charge in [-0.15, -0.1) is 0 Å². The highest BCUT2D eigenvalue weighted by Crippen LogP contribution is 2.23. The van der Waals surface area contributed by atoms with E-state index in [1.54, 1.807) is 11.1 Å². The second-order valence-electron chi connectivity index (χ2n) is 5.46. The Labute approximate surface area is 109 Å². The molecule has 0 unspecified atom stereocenters. The van der Waals surface area contributed by atoms with Gasteiger partial charge in [0.1, 0.15) is 0 Å². The molecule has 0 saturated heterocycles. The molecule has 0 aliphatic heterocycles. The summed E-state index contributed by atoms with van der Waals surface area (Å²) in [6, 6.07) is 11.4. The van der Waals surface area contributed by atoms with Gasteiger partial charge in [0.2, 0.25) is 5.69 Å². The molecule has 0 amide bonds. The molecular weight excluding hydrogens is 218 g/mol. The lowest BCUT2D eigenvalue weighted by Gasteiger charge is -2.06. The summed E-state index contributed by atoms with van der Waals surface area (Å²) in [5, 5.41) is 0. The van der Waals surface area contributed by atoms with Crippen LogP contribution in [0.1, 0.15) is 34.5 Å². The van der Waals surface area contributed by atoms with E-state index < -0.39 is 0 Å². The van der Waals surface area contributed by atoms with Crippen LogP contribution in [-0.2, 0) is 12.8 Å². The van der Waals surface area contributed by atoms with Crippen LogP contribution in [0.5, 0.6) is 0 Å². The fourth-order valence-electron chi connectivity index (χ4n) is 3.21. The van der Waals surface area contributed by atoms with Gasteiger partial charge in [-0.1, -0.05) is 6.07 Å². The van der Waals surface area contributed by atoms with Crippen molar-refractivity contribution in [3.05, 3.63) is 58.4 Å². The Bertz CT molecular complexity index is 588. The summed E-state index contributed by atoms with van der Waals surface area (Å²) >= 11 is 0. The molecule has 1 heterocycles. The smallest absolute Gasteiger partial charge is 0.162 e. The lowest BCUT2D eigenvalue weighted by Crippen LogP contribution is -2.37. The summed E-state index contributed by atoms with van der Waals surface area (Å²) in [7, 11) is 0. The van der Waals surface area contributed by atoms with Gasteiger partial charge in [0.25, 0.3) is 0 Å². The first-order chi connectivity index (χ1) is 8.65. The molecule has 0 bridgehead atoms. The van der Waals surface area contributed by atoms with Crippen LogP contribution in [0.25, 0.3) is 5.69 Å². The first-order valence-corrected chi connectivity index (χ1v) is 6.77. The van der Waals surface area contributed by atoms with Crippen LogP contribution in [0.4, 0.5) is 0 Å². The Morgan fingerprint density at radius 1 is 0.833 bits per heavy atom. The van der Waals surface area contributed by atoms with E-state index >= 15 is 0 Å². The normalized spacial score (nSPS) is 13.7. The zero-order valence-electron chi connectivity index (χ0n) is 11.5. The molecule has 1 aliphatic carbocycles. The van der Waals surface area contributed by atoms with Crippen molar-refractivity contribution >= 4 is 0 Å². The van der Waals surface area contributed by atoms with Crippen LogP contribution in [0, 0.1) is 20.8 Å². The average Bonchev–Trinajstić information content (AvgIpc) is 2.74. The molecule has 0 atom stereocenters. The topological polar surface area (TPSA) is 3.88 Å². The minimum atomic E-state index is 1.24. The molecule has 0 spiro atoms. The van der Waals surface area contributed by atoms with Crippen molar-refractivity contribution in [2.24, 2.45) is 0 Å². The maximum Gasteiger partial charge on any atom is 0.211 e. The first-order valence-electron chi connectivity index (χ1n) is 6.77. The minimum Gasteiger partial charge on any atom is -0.162 e. The van der Waals surface area contributed by atoms with Crippen LogP contribution in [0.3, 0.4) is 0 Å². The van der Waals surface area contributed by atoms with E-state index in [2.05, 4.69) is 55.7 Å². The third-order valence-electron chi connectivity index (χ3n) is 3.92. The van der Waals surface area contributed by atoms with Crippen molar-refractivity contribution in [2.75, 3.05) is 0 Å². The van der Waals surface area contributed by atoms with Crippen molar-refractivity contribution in [3.63, 3.8) is 0 Å². The Kier molecular flexibility index (Phi) is 2.70. The van der Waals surface area contributed by atoms with E-state index in [9.17, 15) is 0 Å². The highest BCUT2D eigenvalue weighted by atomic mass is 15.0. The van der Waals surface area contributed by atoms with Crippen LogP contribution in [0.15, 0.2) is 30.3 Å². The summed E-state index contributed by atoms with van der Waals surface area (Å²) in [5.41, 5.74) is 8.35. The fraction of sp³-hybridized carbons (Fsp3) is 0.353. The van der Waals surface area contributed by atoms with Gasteiger partial charge in [-0.05, 0) is 42.9 Å². The van der Waals surface area contributed by atoms with Gasteiger partial charge < -0.3 is 0 Å². The van der Waals surface area contributed by atoms with Crippen molar-refractivity contribution in [2.45, 2.75) is 40.0 Å². The highest BCUT2D eigenvalue weighted by molar-refractivity contribution is 5.39. The molecule has 1 nitrogen and oxygen atoms in total. The van der Waals surface area contributed by atoms with Crippen LogP contribution in [-0.4, -0.2) is 0 Å². The maximum absolute atomic E-state index is 2.37. The first kappa shape index (κ1) is 11.5. The summed E-state index contributed by atoms with van der Waals surface area (Å²) in [4.78, 5) is 0. The van der Waals surface area contributed by atoms with Gasteiger partial charge in [0.05, 0.1) is 0 Å². The molecule has 0 N–H and O–H groups in total. The van der Waals surface area contributed by atoms with Crippen molar-refractivity contribution in [3.8, 4) is 5.69 Å². The largest absolute Gasteiger partial charge is 0.211 e. The van der Waals surface area contributed by atoms with E-state index in [1.807, 2.05) is 0 Å². The molecule has 1 aromatic heterocycles. The third kappa shape index (κ3) is 1.84. The number of pyridine rings is 1. The zero-order valence-corrected chi connectivity index (χ0v) is 11.5. The molecule has 1 heteroatoms. The predicted octanol–water partition coefficient (Wildman–Crippen LogP) is 3.38. The maximum atomic E-state index is 2.37. The number of fused-ring (bicyclic) bond motifs is 1. The van der Waals surface area contributed by atoms with Gasteiger partial charge in [-0.25, -0.2) is 0 Å². The van der Waals surface area contributed by atoms with Crippen LogP contribution in [0.2, 0.25) is 0 Å². The molecule has 0 fully saturated rings. The molecule has 1 aromatic carbocycles. The summed E-state index contributed by atoms with van der Waals surface area (Å²) in [5.74, 6) is 0. The lowest BCUT2D eigenvalue weighted by atomic mass is 10.1. The molecule has 2 aromatic rings. The summed E-state index contributed by atoms with van der Waals surface area (Å²) in [6.07, 6.45) is 3.81. The molecule has 1 aliphatic rings. The van der Waals surface area contributed by atoms with E-state index in [4.69, 9.17) is 0 Å². The fourth-order valence-corrected chi connectivity index (χ4v) is 3.21. The monoisotopic (exact) mass is 238 g/mol. The Balaban J connectivity index is 2.16. The SMILES string of the molecule is Cc1cc(C)[n+](-c2ccc3c(c2)CCC3)c(C)c1. The zero-order chi connectivity index (χ0) is 12.7. The Morgan fingerprint density at radius 2 is 1.50 bits per heavy atom.